The van der Waals surface area contributed by atoms with Crippen LogP contribution in [0.4, 0.5) is 23.4 Å². The standard InChI is InChI=1S/C22H19F4N5O/c23-14-5-8-30(9-6-14)20-15(2-1-7-27-20)13-3-4-16-18(10-13)31(12-22(24,25)26)21(32)17-11-28-29-19(16)17/h1-4,7,10-11,14H,5-6,8-9,12H2,(H,28,29). The van der Waals surface area contributed by atoms with Crippen molar-refractivity contribution in [2.45, 2.75) is 31.7 Å². The smallest absolute Gasteiger partial charge is 0.356 e. The Bertz CT molecular complexity index is 1350. The van der Waals surface area contributed by atoms with E-state index in [9.17, 15) is 22.4 Å². The van der Waals surface area contributed by atoms with Gasteiger partial charge in [0, 0.05) is 30.2 Å². The summed E-state index contributed by atoms with van der Waals surface area (Å²) in [6.45, 7) is -0.393. The molecule has 4 aromatic rings. The van der Waals surface area contributed by atoms with Crippen molar-refractivity contribution in [3.05, 3.63) is 53.1 Å². The van der Waals surface area contributed by atoms with Crippen LogP contribution in [0.25, 0.3) is 32.9 Å². The molecule has 3 aromatic heterocycles. The summed E-state index contributed by atoms with van der Waals surface area (Å²) in [7, 11) is 0. The van der Waals surface area contributed by atoms with Gasteiger partial charge in [0.1, 0.15) is 18.5 Å². The van der Waals surface area contributed by atoms with Crippen molar-refractivity contribution in [1.82, 2.24) is 19.7 Å². The van der Waals surface area contributed by atoms with Crippen LogP contribution >= 0.6 is 0 Å². The van der Waals surface area contributed by atoms with Crippen LogP contribution in [-0.4, -0.2) is 45.2 Å². The van der Waals surface area contributed by atoms with Crippen LogP contribution in [0.5, 0.6) is 0 Å². The minimum Gasteiger partial charge on any atom is -0.356 e. The van der Waals surface area contributed by atoms with Crippen LogP contribution in [0.1, 0.15) is 12.8 Å². The Kier molecular flexibility index (Phi) is 4.87. The lowest BCUT2D eigenvalue weighted by molar-refractivity contribution is -0.140. The number of piperidine rings is 1. The maximum absolute atomic E-state index is 13.6. The molecule has 1 aromatic carbocycles. The molecule has 1 saturated heterocycles. The quantitative estimate of drug-likeness (QED) is 0.474. The number of halogens is 4. The molecule has 166 valence electrons. The highest BCUT2D eigenvalue weighted by Gasteiger charge is 2.30. The van der Waals surface area contributed by atoms with Crippen molar-refractivity contribution in [2.24, 2.45) is 0 Å². The van der Waals surface area contributed by atoms with E-state index in [4.69, 9.17) is 0 Å². The molecule has 0 aliphatic carbocycles. The van der Waals surface area contributed by atoms with Gasteiger partial charge in [-0.3, -0.25) is 14.5 Å². The number of alkyl halides is 4. The highest BCUT2D eigenvalue weighted by atomic mass is 19.4. The fourth-order valence-electron chi connectivity index (χ4n) is 4.31. The normalized spacial score (nSPS) is 15.7. The number of aromatic amines is 1. The number of rotatable bonds is 3. The van der Waals surface area contributed by atoms with E-state index in [0.29, 0.717) is 53.8 Å². The van der Waals surface area contributed by atoms with Gasteiger partial charge in [-0.2, -0.15) is 18.3 Å². The summed E-state index contributed by atoms with van der Waals surface area (Å²) < 4.78 is 54.3. The van der Waals surface area contributed by atoms with Crippen LogP contribution in [0.15, 0.2) is 47.5 Å². The first-order valence-corrected chi connectivity index (χ1v) is 10.2. The van der Waals surface area contributed by atoms with Crippen molar-refractivity contribution >= 4 is 27.6 Å². The van der Waals surface area contributed by atoms with E-state index in [-0.39, 0.29) is 10.9 Å². The van der Waals surface area contributed by atoms with Crippen molar-refractivity contribution in [2.75, 3.05) is 18.0 Å². The lowest BCUT2D eigenvalue weighted by Crippen LogP contribution is -2.35. The molecule has 5 rings (SSSR count). The Labute approximate surface area is 179 Å². The van der Waals surface area contributed by atoms with E-state index in [2.05, 4.69) is 15.2 Å². The number of nitrogens with one attached hydrogen (secondary N) is 1. The molecule has 1 N–H and O–H groups in total. The number of anilines is 1. The molecular formula is C22H19F4N5O. The second kappa shape index (κ2) is 7.61. The number of hydrogen-bond donors (Lipinski definition) is 1. The Morgan fingerprint density at radius 2 is 1.91 bits per heavy atom. The Balaban J connectivity index is 1.70. The van der Waals surface area contributed by atoms with Crippen LogP contribution in [0.3, 0.4) is 0 Å². The number of aromatic nitrogens is 4. The van der Waals surface area contributed by atoms with E-state index >= 15 is 0 Å². The van der Waals surface area contributed by atoms with Crippen LogP contribution in [0, 0.1) is 0 Å². The van der Waals surface area contributed by atoms with Crippen molar-refractivity contribution in [3.63, 3.8) is 0 Å². The molecule has 0 amide bonds. The second-order valence-electron chi connectivity index (χ2n) is 7.93. The van der Waals surface area contributed by atoms with Gasteiger partial charge in [-0.1, -0.05) is 12.1 Å². The maximum atomic E-state index is 13.6. The average molecular weight is 445 g/mol. The molecule has 0 unspecified atom stereocenters. The number of benzene rings is 1. The largest absolute Gasteiger partial charge is 0.406 e. The topological polar surface area (TPSA) is 66.8 Å². The molecule has 0 saturated carbocycles. The first-order valence-electron chi connectivity index (χ1n) is 10.2. The van der Waals surface area contributed by atoms with Gasteiger partial charge in [-0.25, -0.2) is 9.37 Å². The third kappa shape index (κ3) is 3.59. The Hall–Kier alpha value is -3.43. The zero-order valence-corrected chi connectivity index (χ0v) is 16.9. The molecule has 6 nitrogen and oxygen atoms in total. The summed E-state index contributed by atoms with van der Waals surface area (Å²) in [5.41, 5.74) is 1.12. The van der Waals surface area contributed by atoms with Crippen LogP contribution < -0.4 is 10.5 Å². The van der Waals surface area contributed by atoms with Crippen LogP contribution in [0.2, 0.25) is 0 Å². The molecule has 1 aliphatic rings. The fourth-order valence-corrected chi connectivity index (χ4v) is 4.31. The van der Waals surface area contributed by atoms with Crippen molar-refractivity contribution < 1.29 is 17.6 Å². The predicted octanol–water partition coefficient (Wildman–Crippen LogP) is 4.44. The Morgan fingerprint density at radius 3 is 2.66 bits per heavy atom. The van der Waals surface area contributed by atoms with Gasteiger partial charge in [0.25, 0.3) is 5.56 Å². The molecular weight excluding hydrogens is 426 g/mol. The van der Waals surface area contributed by atoms with Gasteiger partial charge >= 0.3 is 6.18 Å². The van der Waals surface area contributed by atoms with Crippen LogP contribution in [-0.2, 0) is 6.54 Å². The highest BCUT2D eigenvalue weighted by Crippen LogP contribution is 2.34. The summed E-state index contributed by atoms with van der Waals surface area (Å²) >= 11 is 0. The SMILES string of the molecule is O=c1c2cn[nH]c2c2ccc(-c3cccnc3N3CCC(F)CC3)cc2n1CC(F)(F)F. The van der Waals surface area contributed by atoms with Gasteiger partial charge in [0.05, 0.1) is 22.6 Å². The number of fused-ring (bicyclic) bond motifs is 3. The van der Waals surface area contributed by atoms with E-state index in [1.54, 1.807) is 30.5 Å². The fraction of sp³-hybridized carbons (Fsp3) is 0.318. The minimum absolute atomic E-state index is 0.102. The molecule has 0 radical (unpaired) electrons. The zero-order valence-electron chi connectivity index (χ0n) is 16.9. The van der Waals surface area contributed by atoms with Crippen molar-refractivity contribution in [3.8, 4) is 11.1 Å². The second-order valence-corrected chi connectivity index (χ2v) is 7.93. The zero-order chi connectivity index (χ0) is 22.5. The summed E-state index contributed by atoms with van der Waals surface area (Å²) in [5.74, 6) is 0.645. The summed E-state index contributed by atoms with van der Waals surface area (Å²) in [4.78, 5) is 19.3. The molecule has 32 heavy (non-hydrogen) atoms. The molecule has 1 fully saturated rings. The third-order valence-electron chi connectivity index (χ3n) is 5.83. The molecule has 1 aliphatic heterocycles. The minimum atomic E-state index is -4.57. The van der Waals surface area contributed by atoms with Gasteiger partial charge in [0.2, 0.25) is 0 Å². The summed E-state index contributed by atoms with van der Waals surface area (Å²) in [6.07, 6.45) is -1.73. The number of nitrogens with zero attached hydrogens (tertiary/aromatic N) is 4. The van der Waals surface area contributed by atoms with Gasteiger partial charge < -0.3 is 4.90 Å². The third-order valence-corrected chi connectivity index (χ3v) is 5.83. The van der Waals surface area contributed by atoms with Crippen molar-refractivity contribution in [1.29, 1.82) is 0 Å². The van der Waals surface area contributed by atoms with Gasteiger partial charge in [-0.05, 0) is 36.6 Å². The Morgan fingerprint density at radius 1 is 1.12 bits per heavy atom. The van der Waals surface area contributed by atoms with E-state index in [1.807, 2.05) is 11.0 Å². The highest BCUT2D eigenvalue weighted by molar-refractivity contribution is 6.04. The molecule has 0 bridgehead atoms. The predicted molar refractivity (Wildman–Crippen MR) is 113 cm³/mol. The lowest BCUT2D eigenvalue weighted by atomic mass is 10.0. The average Bonchev–Trinajstić information content (AvgIpc) is 3.26. The number of H-pyrrole nitrogens is 1. The van der Waals surface area contributed by atoms with E-state index < -0.39 is 24.5 Å². The molecule has 10 heteroatoms. The first kappa shape index (κ1) is 20.5. The first-order chi connectivity index (χ1) is 15.3. The molecule has 0 spiro atoms. The lowest BCUT2D eigenvalue weighted by Gasteiger charge is -2.31. The number of hydrogen-bond acceptors (Lipinski definition) is 4. The number of pyridine rings is 2. The van der Waals surface area contributed by atoms with E-state index in [1.165, 1.54) is 6.20 Å². The maximum Gasteiger partial charge on any atom is 0.406 e. The molecule has 4 heterocycles. The molecule has 0 atom stereocenters. The monoisotopic (exact) mass is 445 g/mol. The summed E-state index contributed by atoms with van der Waals surface area (Å²) in [5, 5.41) is 7.13. The summed E-state index contributed by atoms with van der Waals surface area (Å²) in [6, 6.07) is 8.61. The van der Waals surface area contributed by atoms with Gasteiger partial charge in [-0.15, -0.1) is 0 Å². The van der Waals surface area contributed by atoms with Gasteiger partial charge in [0.15, 0.2) is 0 Å². The van der Waals surface area contributed by atoms with E-state index in [0.717, 1.165) is 4.57 Å².